The highest BCUT2D eigenvalue weighted by Crippen LogP contribution is 2.06. The molecular formula is C9H17N5O. The van der Waals surface area contributed by atoms with Crippen LogP contribution in [0, 0.1) is 0 Å². The fourth-order valence-corrected chi connectivity index (χ4v) is 1.26. The minimum Gasteiger partial charge on any atom is -0.368 e. The van der Waals surface area contributed by atoms with Crippen LogP contribution in [0.2, 0.25) is 0 Å². The van der Waals surface area contributed by atoms with E-state index in [0.29, 0.717) is 6.54 Å². The van der Waals surface area contributed by atoms with Gasteiger partial charge in [-0.25, -0.2) is 4.98 Å². The summed E-state index contributed by atoms with van der Waals surface area (Å²) in [6.45, 7) is 4.94. The second kappa shape index (κ2) is 4.88. The van der Waals surface area contributed by atoms with Crippen LogP contribution in [-0.4, -0.2) is 32.8 Å². The van der Waals surface area contributed by atoms with Crippen molar-refractivity contribution in [3.05, 3.63) is 12.7 Å². The average Bonchev–Trinajstić information content (AvgIpc) is 2.67. The van der Waals surface area contributed by atoms with Crippen LogP contribution >= 0.6 is 0 Å². The highest BCUT2D eigenvalue weighted by Gasteiger charge is 2.30. The predicted molar refractivity (Wildman–Crippen MR) is 55.9 cm³/mol. The molecule has 1 unspecified atom stereocenters. The fraction of sp³-hybridized carbons (Fsp3) is 0.667. The lowest BCUT2D eigenvalue weighted by molar-refractivity contribution is -0.124. The number of nitrogens with two attached hydrogens (primary N) is 1. The van der Waals surface area contributed by atoms with Gasteiger partial charge in [0, 0.05) is 0 Å². The summed E-state index contributed by atoms with van der Waals surface area (Å²) in [7, 11) is 0. The third kappa shape index (κ3) is 3.02. The smallest absolute Gasteiger partial charge is 0.239 e. The topological polar surface area (TPSA) is 85.8 Å². The van der Waals surface area contributed by atoms with Crippen molar-refractivity contribution in [2.24, 2.45) is 5.73 Å². The van der Waals surface area contributed by atoms with E-state index >= 15 is 0 Å². The van der Waals surface area contributed by atoms with Gasteiger partial charge in [0.1, 0.15) is 18.2 Å². The van der Waals surface area contributed by atoms with Crippen LogP contribution in [0.4, 0.5) is 0 Å². The number of hydrogen-bond acceptors (Lipinski definition) is 4. The molecule has 15 heavy (non-hydrogen) atoms. The molecule has 84 valence electrons. The van der Waals surface area contributed by atoms with Crippen molar-refractivity contribution >= 4 is 5.91 Å². The number of aromatic nitrogens is 3. The summed E-state index contributed by atoms with van der Waals surface area (Å²) in [6, 6.07) is 0. The van der Waals surface area contributed by atoms with Gasteiger partial charge in [-0.3, -0.25) is 9.48 Å². The van der Waals surface area contributed by atoms with E-state index in [2.05, 4.69) is 15.4 Å². The van der Waals surface area contributed by atoms with Crippen LogP contribution in [0.3, 0.4) is 0 Å². The van der Waals surface area contributed by atoms with Gasteiger partial charge in [0.05, 0.1) is 6.54 Å². The summed E-state index contributed by atoms with van der Waals surface area (Å²) in [5.74, 6) is -0.383. The maximum atomic E-state index is 11.4. The second-order valence-electron chi connectivity index (χ2n) is 3.72. The van der Waals surface area contributed by atoms with Crippen LogP contribution in [0.5, 0.6) is 0 Å². The molecule has 1 aromatic heterocycles. The Morgan fingerprint density at radius 3 is 2.87 bits per heavy atom. The molecular weight excluding hydrogens is 194 g/mol. The lowest BCUT2D eigenvalue weighted by atomic mass is 10.0. The molecule has 6 nitrogen and oxygen atoms in total. The molecule has 0 aromatic carbocycles. The third-order valence-corrected chi connectivity index (χ3v) is 2.25. The van der Waals surface area contributed by atoms with E-state index in [9.17, 15) is 4.79 Å². The minimum atomic E-state index is -0.774. The first-order valence-corrected chi connectivity index (χ1v) is 4.96. The zero-order chi connectivity index (χ0) is 11.3. The van der Waals surface area contributed by atoms with E-state index in [1.54, 1.807) is 17.9 Å². The summed E-state index contributed by atoms with van der Waals surface area (Å²) in [5, 5.41) is 7.07. The molecule has 0 saturated heterocycles. The van der Waals surface area contributed by atoms with Crippen LogP contribution in [0.15, 0.2) is 12.7 Å². The first-order valence-electron chi connectivity index (χ1n) is 4.96. The van der Waals surface area contributed by atoms with Gasteiger partial charge in [-0.1, -0.05) is 6.92 Å². The Hall–Kier alpha value is -1.43. The quantitative estimate of drug-likeness (QED) is 0.665. The molecule has 0 aliphatic heterocycles. The number of carbonyl (C=O) groups is 1. The van der Waals surface area contributed by atoms with Crippen molar-refractivity contribution in [2.45, 2.75) is 32.4 Å². The highest BCUT2D eigenvalue weighted by atomic mass is 16.1. The Morgan fingerprint density at radius 2 is 2.40 bits per heavy atom. The molecule has 1 rings (SSSR count). The number of carbonyl (C=O) groups excluding carboxylic acids is 1. The first-order chi connectivity index (χ1) is 7.08. The van der Waals surface area contributed by atoms with Crippen molar-refractivity contribution in [3.63, 3.8) is 0 Å². The second-order valence-corrected chi connectivity index (χ2v) is 3.72. The molecule has 0 fully saturated rings. The number of nitrogens with zero attached hydrogens (tertiary/aromatic N) is 3. The van der Waals surface area contributed by atoms with E-state index in [1.807, 2.05) is 6.92 Å². The molecule has 0 aliphatic rings. The highest BCUT2D eigenvalue weighted by molar-refractivity contribution is 5.84. The monoisotopic (exact) mass is 211 g/mol. The maximum Gasteiger partial charge on any atom is 0.239 e. The fourth-order valence-electron chi connectivity index (χ4n) is 1.26. The van der Waals surface area contributed by atoms with Crippen LogP contribution in [-0.2, 0) is 11.3 Å². The standard InChI is InChI=1S/C9H17N5O/c1-3-4-12-9(2,8(10)15)5-14-7-11-6-13-14/h6-7,12H,3-5H2,1-2H3,(H2,10,15). The lowest BCUT2D eigenvalue weighted by Crippen LogP contribution is -2.56. The summed E-state index contributed by atoms with van der Waals surface area (Å²) >= 11 is 0. The van der Waals surface area contributed by atoms with Crippen molar-refractivity contribution in [1.29, 1.82) is 0 Å². The number of primary amides is 1. The minimum absolute atomic E-state index is 0.383. The zero-order valence-corrected chi connectivity index (χ0v) is 9.10. The summed E-state index contributed by atoms with van der Waals surface area (Å²) in [4.78, 5) is 15.2. The Balaban J connectivity index is 2.68. The molecule has 1 amide bonds. The molecule has 0 spiro atoms. The third-order valence-electron chi connectivity index (χ3n) is 2.25. The summed E-state index contributed by atoms with van der Waals surface area (Å²) in [5.41, 5.74) is 4.59. The van der Waals surface area contributed by atoms with Gasteiger partial charge in [0.15, 0.2) is 0 Å². The van der Waals surface area contributed by atoms with Crippen molar-refractivity contribution in [2.75, 3.05) is 6.54 Å². The van der Waals surface area contributed by atoms with Crippen molar-refractivity contribution in [3.8, 4) is 0 Å². The molecule has 3 N–H and O–H groups in total. The number of amides is 1. The van der Waals surface area contributed by atoms with Gasteiger partial charge in [-0.05, 0) is 19.9 Å². The summed E-state index contributed by atoms with van der Waals surface area (Å²) < 4.78 is 1.59. The lowest BCUT2D eigenvalue weighted by Gasteiger charge is -2.26. The van der Waals surface area contributed by atoms with Gasteiger partial charge in [-0.15, -0.1) is 0 Å². The Kier molecular flexibility index (Phi) is 3.79. The van der Waals surface area contributed by atoms with Crippen molar-refractivity contribution < 1.29 is 4.79 Å². The SMILES string of the molecule is CCCNC(C)(Cn1cncn1)C(N)=O. The number of hydrogen-bond donors (Lipinski definition) is 2. The van der Waals surface area contributed by atoms with E-state index in [1.165, 1.54) is 6.33 Å². The van der Waals surface area contributed by atoms with Gasteiger partial charge in [-0.2, -0.15) is 5.10 Å². The first kappa shape index (κ1) is 11.6. The van der Waals surface area contributed by atoms with Crippen LogP contribution in [0.25, 0.3) is 0 Å². The molecule has 1 heterocycles. The molecule has 0 bridgehead atoms. The van der Waals surface area contributed by atoms with E-state index in [0.717, 1.165) is 13.0 Å². The number of nitrogens with one attached hydrogen (secondary N) is 1. The van der Waals surface area contributed by atoms with Gasteiger partial charge < -0.3 is 11.1 Å². The van der Waals surface area contributed by atoms with Crippen LogP contribution < -0.4 is 11.1 Å². The Labute approximate surface area is 88.9 Å². The maximum absolute atomic E-state index is 11.4. The zero-order valence-electron chi connectivity index (χ0n) is 9.10. The molecule has 0 saturated carbocycles. The van der Waals surface area contributed by atoms with E-state index in [-0.39, 0.29) is 5.91 Å². The average molecular weight is 211 g/mol. The normalized spacial score (nSPS) is 14.8. The van der Waals surface area contributed by atoms with Crippen molar-refractivity contribution in [1.82, 2.24) is 20.1 Å². The van der Waals surface area contributed by atoms with E-state index < -0.39 is 5.54 Å². The molecule has 1 atom stereocenters. The predicted octanol–water partition coefficient (Wildman–Crippen LogP) is -0.478. The molecule has 6 heteroatoms. The van der Waals surface area contributed by atoms with Gasteiger partial charge in [0.2, 0.25) is 5.91 Å². The van der Waals surface area contributed by atoms with Gasteiger partial charge in [0.25, 0.3) is 0 Å². The Bertz CT molecular complexity index is 310. The molecule has 1 aromatic rings. The summed E-state index contributed by atoms with van der Waals surface area (Å²) in [6.07, 6.45) is 3.94. The molecule has 0 radical (unpaired) electrons. The Morgan fingerprint density at radius 1 is 1.67 bits per heavy atom. The number of rotatable bonds is 6. The largest absolute Gasteiger partial charge is 0.368 e. The molecule has 0 aliphatic carbocycles. The van der Waals surface area contributed by atoms with E-state index in [4.69, 9.17) is 5.73 Å². The van der Waals surface area contributed by atoms with Crippen LogP contribution in [0.1, 0.15) is 20.3 Å². The van der Waals surface area contributed by atoms with Gasteiger partial charge >= 0.3 is 0 Å².